The zero-order chi connectivity index (χ0) is 13.3. The highest BCUT2D eigenvalue weighted by Gasteiger charge is 2.10. The van der Waals surface area contributed by atoms with Gasteiger partial charge in [0.2, 0.25) is 0 Å². The Morgan fingerprint density at radius 3 is 2.78 bits per heavy atom. The van der Waals surface area contributed by atoms with Crippen LogP contribution in [0.15, 0.2) is 17.1 Å². The fourth-order valence-corrected chi connectivity index (χ4v) is 2.02. The molecule has 0 aliphatic heterocycles. The van der Waals surface area contributed by atoms with Crippen LogP contribution in [0.1, 0.15) is 5.69 Å². The van der Waals surface area contributed by atoms with E-state index < -0.39 is 5.56 Å². The minimum atomic E-state index is -0.440. The topological polar surface area (TPSA) is 62.7 Å². The molecule has 8 heteroatoms. The van der Waals surface area contributed by atoms with Crippen molar-refractivity contribution in [2.75, 3.05) is 5.32 Å². The van der Waals surface area contributed by atoms with E-state index in [9.17, 15) is 4.79 Å². The van der Waals surface area contributed by atoms with Crippen molar-refractivity contribution in [3.8, 4) is 0 Å². The molecule has 2 heterocycles. The molecule has 96 valence electrons. The van der Waals surface area contributed by atoms with Crippen LogP contribution in [0.2, 0.25) is 15.2 Å². The van der Waals surface area contributed by atoms with E-state index >= 15 is 0 Å². The molecule has 0 aliphatic rings. The number of H-pyrrole nitrogens is 1. The van der Waals surface area contributed by atoms with E-state index in [1.165, 1.54) is 6.20 Å². The molecule has 5 nitrogen and oxygen atoms in total. The summed E-state index contributed by atoms with van der Waals surface area (Å²) >= 11 is 17.7. The second kappa shape index (κ2) is 5.22. The molecule has 18 heavy (non-hydrogen) atoms. The number of nitrogens with one attached hydrogen (secondary N) is 2. The van der Waals surface area contributed by atoms with E-state index in [4.69, 9.17) is 34.8 Å². The summed E-state index contributed by atoms with van der Waals surface area (Å²) in [5.74, 6) is 0. The second-order valence-corrected chi connectivity index (χ2v) is 4.76. The average molecular weight is 308 g/mol. The summed E-state index contributed by atoms with van der Waals surface area (Å²) in [4.78, 5) is 11.2. The van der Waals surface area contributed by atoms with Crippen molar-refractivity contribution in [1.29, 1.82) is 0 Å². The molecule has 0 atom stereocenters. The third kappa shape index (κ3) is 2.48. The normalized spacial score (nSPS) is 10.7. The van der Waals surface area contributed by atoms with E-state index in [0.717, 1.165) is 5.69 Å². The van der Waals surface area contributed by atoms with Gasteiger partial charge in [0.25, 0.3) is 5.56 Å². The van der Waals surface area contributed by atoms with E-state index in [-0.39, 0.29) is 5.02 Å². The highest BCUT2D eigenvalue weighted by molar-refractivity contribution is 6.41. The Morgan fingerprint density at radius 1 is 1.44 bits per heavy atom. The van der Waals surface area contributed by atoms with Crippen LogP contribution in [0.4, 0.5) is 5.69 Å². The van der Waals surface area contributed by atoms with Gasteiger partial charge < -0.3 is 9.88 Å². The maximum absolute atomic E-state index is 11.2. The Morgan fingerprint density at radius 2 is 2.17 bits per heavy atom. The van der Waals surface area contributed by atoms with Crippen LogP contribution < -0.4 is 10.9 Å². The van der Waals surface area contributed by atoms with Crippen molar-refractivity contribution in [2.24, 2.45) is 7.05 Å². The van der Waals surface area contributed by atoms with Crippen molar-refractivity contribution in [3.05, 3.63) is 43.5 Å². The van der Waals surface area contributed by atoms with Gasteiger partial charge in [0.15, 0.2) is 0 Å². The summed E-state index contributed by atoms with van der Waals surface area (Å²) in [6.07, 6.45) is 1.44. The Hall–Kier alpha value is -1.17. The maximum atomic E-state index is 11.2. The molecular formula is C10H9Cl3N4O. The number of hydrogen-bond acceptors (Lipinski definition) is 3. The van der Waals surface area contributed by atoms with Gasteiger partial charge in [-0.05, 0) is 6.07 Å². The Labute approximate surface area is 118 Å². The van der Waals surface area contributed by atoms with E-state index in [0.29, 0.717) is 22.4 Å². The Kier molecular flexibility index (Phi) is 3.85. The highest BCUT2D eigenvalue weighted by Crippen LogP contribution is 2.26. The molecular weight excluding hydrogens is 298 g/mol. The van der Waals surface area contributed by atoms with Gasteiger partial charge in [-0.15, -0.1) is 0 Å². The number of anilines is 1. The summed E-state index contributed by atoms with van der Waals surface area (Å²) < 4.78 is 1.74. The monoisotopic (exact) mass is 306 g/mol. The first-order valence-electron chi connectivity index (χ1n) is 4.97. The fraction of sp³-hybridized carbons (Fsp3) is 0.200. The summed E-state index contributed by atoms with van der Waals surface area (Å²) in [5, 5.41) is 9.90. The maximum Gasteiger partial charge on any atom is 0.285 e. The molecule has 0 radical (unpaired) electrons. The molecule has 2 aromatic heterocycles. The number of hydrogen-bond donors (Lipinski definition) is 2. The molecule has 0 saturated heterocycles. The summed E-state index contributed by atoms with van der Waals surface area (Å²) in [5.41, 5.74) is 0.875. The van der Waals surface area contributed by atoms with Crippen LogP contribution in [0.3, 0.4) is 0 Å². The fourth-order valence-electron chi connectivity index (χ4n) is 1.45. The summed E-state index contributed by atoms with van der Waals surface area (Å²) in [6, 6.07) is 1.74. The van der Waals surface area contributed by atoms with Gasteiger partial charge in [0.1, 0.15) is 10.2 Å². The summed E-state index contributed by atoms with van der Waals surface area (Å²) in [6.45, 7) is 0.424. The first-order valence-corrected chi connectivity index (χ1v) is 6.10. The molecule has 2 rings (SSSR count). The Balaban J connectivity index is 2.19. The second-order valence-electron chi connectivity index (χ2n) is 3.61. The number of rotatable bonds is 3. The van der Waals surface area contributed by atoms with Gasteiger partial charge in [-0.1, -0.05) is 34.8 Å². The third-order valence-corrected chi connectivity index (χ3v) is 3.69. The van der Waals surface area contributed by atoms with Crippen LogP contribution >= 0.6 is 34.8 Å². The van der Waals surface area contributed by atoms with Crippen LogP contribution in [-0.4, -0.2) is 14.8 Å². The molecule has 0 aromatic carbocycles. The number of halogens is 3. The molecule has 0 unspecified atom stereocenters. The summed E-state index contributed by atoms with van der Waals surface area (Å²) in [7, 11) is 1.79. The van der Waals surface area contributed by atoms with E-state index in [1.807, 2.05) is 0 Å². The van der Waals surface area contributed by atoms with Gasteiger partial charge >= 0.3 is 0 Å². The van der Waals surface area contributed by atoms with Crippen LogP contribution in [0.25, 0.3) is 0 Å². The number of nitrogens with zero attached hydrogens (tertiary/aromatic N) is 2. The molecule has 0 amide bonds. The Bertz CT molecular complexity index is 635. The standard InChI is InChI=1S/C10H9Cl3N4O/c1-17-5(2-6(11)9(17)13)3-14-7-4-15-16-10(18)8(7)12/h2,4H,3H2,1H3,(H2,14,16,18). The largest absolute Gasteiger partial charge is 0.377 e. The molecule has 0 bridgehead atoms. The van der Waals surface area contributed by atoms with Crippen molar-refractivity contribution < 1.29 is 0 Å². The van der Waals surface area contributed by atoms with Crippen LogP contribution in [-0.2, 0) is 13.6 Å². The van der Waals surface area contributed by atoms with E-state index in [1.54, 1.807) is 17.7 Å². The predicted octanol–water partition coefficient (Wildman–Crippen LogP) is 2.68. The highest BCUT2D eigenvalue weighted by atomic mass is 35.5. The first kappa shape index (κ1) is 13.3. The van der Waals surface area contributed by atoms with Crippen molar-refractivity contribution in [3.63, 3.8) is 0 Å². The molecule has 0 saturated carbocycles. The van der Waals surface area contributed by atoms with Crippen molar-refractivity contribution in [1.82, 2.24) is 14.8 Å². The average Bonchev–Trinajstić information content (AvgIpc) is 2.59. The smallest absolute Gasteiger partial charge is 0.285 e. The van der Waals surface area contributed by atoms with Crippen molar-refractivity contribution >= 4 is 40.5 Å². The molecule has 0 fully saturated rings. The van der Waals surface area contributed by atoms with Crippen LogP contribution in [0, 0.1) is 0 Å². The van der Waals surface area contributed by atoms with Crippen molar-refractivity contribution in [2.45, 2.75) is 6.54 Å². The zero-order valence-corrected chi connectivity index (χ0v) is 11.6. The zero-order valence-electron chi connectivity index (χ0n) is 9.30. The minimum absolute atomic E-state index is 0.0661. The quantitative estimate of drug-likeness (QED) is 0.916. The van der Waals surface area contributed by atoms with Gasteiger partial charge in [0, 0.05) is 12.7 Å². The first-order chi connectivity index (χ1) is 8.50. The lowest BCUT2D eigenvalue weighted by Crippen LogP contribution is -2.12. The van der Waals surface area contributed by atoms with Crippen LogP contribution in [0.5, 0.6) is 0 Å². The van der Waals surface area contributed by atoms with Gasteiger partial charge in [-0.25, -0.2) is 5.10 Å². The molecule has 2 aromatic rings. The van der Waals surface area contributed by atoms with Gasteiger partial charge in [-0.3, -0.25) is 4.79 Å². The lowest BCUT2D eigenvalue weighted by atomic mass is 10.4. The SMILES string of the molecule is Cn1c(CNc2cn[nH]c(=O)c2Cl)cc(Cl)c1Cl. The lowest BCUT2D eigenvalue weighted by Gasteiger charge is -2.08. The molecule has 0 spiro atoms. The lowest BCUT2D eigenvalue weighted by molar-refractivity contribution is 0.841. The predicted molar refractivity (Wildman–Crippen MR) is 72.6 cm³/mol. The molecule has 0 aliphatic carbocycles. The van der Waals surface area contributed by atoms with Gasteiger partial charge in [0.05, 0.1) is 23.5 Å². The minimum Gasteiger partial charge on any atom is -0.377 e. The van der Waals surface area contributed by atoms with E-state index in [2.05, 4.69) is 15.5 Å². The molecule has 2 N–H and O–H groups in total. The number of aromatic amines is 1. The number of aromatic nitrogens is 3. The third-order valence-electron chi connectivity index (χ3n) is 2.47. The van der Waals surface area contributed by atoms with Gasteiger partial charge in [-0.2, -0.15) is 5.10 Å².